The molecule has 0 saturated carbocycles. The molecule has 1 atom stereocenters. The second-order valence-corrected chi connectivity index (χ2v) is 5.18. The second-order valence-electron chi connectivity index (χ2n) is 5.18. The molecule has 0 radical (unpaired) electrons. The molecule has 1 aliphatic rings. The number of hydrogen-bond donors (Lipinski definition) is 2. The average molecular weight is 272 g/mol. The molecule has 1 unspecified atom stereocenters. The third-order valence-corrected chi connectivity index (χ3v) is 3.33. The number of nitrogens with zero attached hydrogens (tertiary/aromatic N) is 2. The van der Waals surface area contributed by atoms with Gasteiger partial charge in [0.15, 0.2) is 0 Å². The molecule has 19 heavy (non-hydrogen) atoms. The largest absolute Gasteiger partial charge is 0.383 e. The van der Waals surface area contributed by atoms with Gasteiger partial charge in [0.1, 0.15) is 0 Å². The number of nitrogens with one attached hydrogen (secondary N) is 1. The van der Waals surface area contributed by atoms with Crippen molar-refractivity contribution in [1.82, 2.24) is 15.1 Å². The van der Waals surface area contributed by atoms with Crippen molar-refractivity contribution in [3.63, 3.8) is 0 Å². The Morgan fingerprint density at radius 2 is 1.95 bits per heavy atom. The van der Waals surface area contributed by atoms with E-state index in [0.717, 1.165) is 45.7 Å². The fraction of sp³-hybridized carbons (Fsp3) is 0.923. The minimum absolute atomic E-state index is 0.0725. The van der Waals surface area contributed by atoms with Crippen molar-refractivity contribution in [1.29, 1.82) is 0 Å². The highest BCUT2D eigenvalue weighted by Crippen LogP contribution is 2.02. The molecular weight excluding hydrogens is 244 g/mol. The van der Waals surface area contributed by atoms with Gasteiger partial charge in [-0.25, -0.2) is 0 Å². The Hall–Kier alpha value is -0.690. The van der Waals surface area contributed by atoms with Gasteiger partial charge in [-0.15, -0.1) is 0 Å². The first kappa shape index (κ1) is 16.4. The maximum absolute atomic E-state index is 11.8. The fourth-order valence-electron chi connectivity index (χ4n) is 2.30. The predicted octanol–water partition coefficient (Wildman–Crippen LogP) is -0.896. The summed E-state index contributed by atoms with van der Waals surface area (Å²) < 4.78 is 5.00. The summed E-state index contributed by atoms with van der Waals surface area (Å²) in [6.45, 7) is 8.78. The summed E-state index contributed by atoms with van der Waals surface area (Å²) in [6, 6.07) is 0.0725. The number of carbonyl (C=O) groups excluding carboxylic acids is 1. The summed E-state index contributed by atoms with van der Waals surface area (Å²) in [5.41, 5.74) is 5.51. The van der Waals surface area contributed by atoms with Gasteiger partial charge in [0, 0.05) is 39.3 Å². The highest BCUT2D eigenvalue weighted by Gasteiger charge is 2.18. The number of carbonyl (C=O) groups is 1. The number of ether oxygens (including phenoxy) is 1. The van der Waals surface area contributed by atoms with Crippen LogP contribution >= 0.6 is 0 Å². The van der Waals surface area contributed by atoms with Gasteiger partial charge in [-0.1, -0.05) is 0 Å². The van der Waals surface area contributed by atoms with Crippen molar-refractivity contribution in [2.75, 3.05) is 59.5 Å². The molecule has 0 aromatic heterocycles. The van der Waals surface area contributed by atoms with Crippen molar-refractivity contribution >= 4 is 5.91 Å². The molecule has 1 saturated heterocycles. The number of methoxy groups -OCH3 is 1. The molecule has 3 N–H and O–H groups in total. The van der Waals surface area contributed by atoms with Crippen LogP contribution in [0.15, 0.2) is 0 Å². The highest BCUT2D eigenvalue weighted by atomic mass is 16.5. The zero-order valence-electron chi connectivity index (χ0n) is 12.2. The van der Waals surface area contributed by atoms with Gasteiger partial charge < -0.3 is 20.7 Å². The van der Waals surface area contributed by atoms with E-state index in [-0.39, 0.29) is 11.9 Å². The first-order chi connectivity index (χ1) is 9.15. The van der Waals surface area contributed by atoms with Crippen LogP contribution in [0.3, 0.4) is 0 Å². The lowest BCUT2D eigenvalue weighted by Gasteiger charge is -2.34. The van der Waals surface area contributed by atoms with E-state index in [0.29, 0.717) is 13.2 Å². The normalized spacial score (nSPS) is 19.3. The first-order valence-electron chi connectivity index (χ1n) is 7.08. The van der Waals surface area contributed by atoms with Crippen molar-refractivity contribution in [3.05, 3.63) is 0 Å². The number of amides is 1. The molecule has 1 fully saturated rings. The maximum atomic E-state index is 11.8. The van der Waals surface area contributed by atoms with E-state index >= 15 is 0 Å². The van der Waals surface area contributed by atoms with Crippen molar-refractivity contribution in [2.24, 2.45) is 5.73 Å². The monoisotopic (exact) mass is 272 g/mol. The maximum Gasteiger partial charge on any atom is 0.234 e. The standard InChI is InChI=1S/C13H28N4O2/c1-12(11-19-2)15-13(18)10-17-8-6-16(7-9-17)5-3-4-14/h12H,3-11,14H2,1-2H3,(H,15,18). The van der Waals surface area contributed by atoms with Crippen LogP contribution in [0, 0.1) is 0 Å². The van der Waals surface area contributed by atoms with Crippen LogP contribution in [0.1, 0.15) is 13.3 Å². The molecule has 0 bridgehead atoms. The summed E-state index contributed by atoms with van der Waals surface area (Å²) in [5, 5.41) is 2.94. The van der Waals surface area contributed by atoms with Crippen LogP contribution in [0.4, 0.5) is 0 Å². The molecule has 1 amide bonds. The van der Waals surface area contributed by atoms with Gasteiger partial charge in [0.25, 0.3) is 0 Å². The van der Waals surface area contributed by atoms with Crippen molar-refractivity contribution in [3.8, 4) is 0 Å². The number of hydrogen-bond acceptors (Lipinski definition) is 5. The van der Waals surface area contributed by atoms with Gasteiger partial charge in [-0.2, -0.15) is 0 Å². The third-order valence-electron chi connectivity index (χ3n) is 3.33. The van der Waals surface area contributed by atoms with Crippen LogP contribution in [-0.4, -0.2) is 81.3 Å². The molecule has 1 aliphatic heterocycles. The van der Waals surface area contributed by atoms with Crippen molar-refractivity contribution < 1.29 is 9.53 Å². The van der Waals surface area contributed by atoms with Crippen LogP contribution in [0.5, 0.6) is 0 Å². The topological polar surface area (TPSA) is 70.8 Å². The van der Waals surface area contributed by atoms with Gasteiger partial charge in [-0.05, 0) is 26.4 Å². The molecule has 6 heteroatoms. The molecule has 1 heterocycles. The third kappa shape index (κ3) is 6.87. The molecule has 0 aliphatic carbocycles. The Morgan fingerprint density at radius 1 is 1.32 bits per heavy atom. The van der Waals surface area contributed by atoms with Crippen molar-refractivity contribution in [2.45, 2.75) is 19.4 Å². The number of rotatable bonds is 8. The van der Waals surface area contributed by atoms with Crippen LogP contribution < -0.4 is 11.1 Å². The lowest BCUT2D eigenvalue weighted by molar-refractivity contribution is -0.123. The van der Waals surface area contributed by atoms with Gasteiger partial charge in [-0.3, -0.25) is 9.69 Å². The molecule has 0 aromatic rings. The van der Waals surface area contributed by atoms with E-state index in [9.17, 15) is 4.79 Å². The fourth-order valence-corrected chi connectivity index (χ4v) is 2.30. The lowest BCUT2D eigenvalue weighted by atomic mass is 10.2. The average Bonchev–Trinajstić information content (AvgIpc) is 2.38. The van der Waals surface area contributed by atoms with Crippen LogP contribution in [-0.2, 0) is 9.53 Å². The Labute approximate surface area is 116 Å². The quantitative estimate of drug-likeness (QED) is 0.599. The van der Waals surface area contributed by atoms with Crippen LogP contribution in [0.25, 0.3) is 0 Å². The summed E-state index contributed by atoms with van der Waals surface area (Å²) in [6.07, 6.45) is 1.05. The minimum Gasteiger partial charge on any atom is -0.383 e. The van der Waals surface area contributed by atoms with E-state index in [1.807, 2.05) is 6.92 Å². The molecule has 6 nitrogen and oxygen atoms in total. The predicted molar refractivity (Wildman–Crippen MR) is 76.0 cm³/mol. The van der Waals surface area contributed by atoms with Crippen LogP contribution in [0.2, 0.25) is 0 Å². The summed E-state index contributed by atoms with van der Waals surface area (Å²) >= 11 is 0. The lowest BCUT2D eigenvalue weighted by Crippen LogP contribution is -2.50. The number of piperazine rings is 1. The SMILES string of the molecule is COCC(C)NC(=O)CN1CCN(CCCN)CC1. The minimum atomic E-state index is 0.0725. The highest BCUT2D eigenvalue weighted by molar-refractivity contribution is 5.78. The Balaban J connectivity index is 2.16. The smallest absolute Gasteiger partial charge is 0.234 e. The molecule has 0 aromatic carbocycles. The summed E-state index contributed by atoms with van der Waals surface area (Å²) in [4.78, 5) is 16.4. The zero-order valence-corrected chi connectivity index (χ0v) is 12.2. The van der Waals surface area contributed by atoms with Gasteiger partial charge in [0.2, 0.25) is 5.91 Å². The Morgan fingerprint density at radius 3 is 2.53 bits per heavy atom. The summed E-state index contributed by atoms with van der Waals surface area (Å²) in [5.74, 6) is 0.0833. The Kier molecular flexibility index (Phi) is 7.97. The summed E-state index contributed by atoms with van der Waals surface area (Å²) in [7, 11) is 1.64. The first-order valence-corrected chi connectivity index (χ1v) is 7.08. The van der Waals surface area contributed by atoms with E-state index in [2.05, 4.69) is 15.1 Å². The van der Waals surface area contributed by atoms with Gasteiger partial charge >= 0.3 is 0 Å². The molecular formula is C13H28N4O2. The molecule has 1 rings (SSSR count). The molecule has 0 spiro atoms. The van der Waals surface area contributed by atoms with E-state index < -0.39 is 0 Å². The van der Waals surface area contributed by atoms with E-state index in [4.69, 9.17) is 10.5 Å². The number of nitrogens with two attached hydrogens (primary N) is 1. The van der Waals surface area contributed by atoms with Gasteiger partial charge in [0.05, 0.1) is 13.2 Å². The van der Waals surface area contributed by atoms with E-state index in [1.54, 1.807) is 7.11 Å². The Bertz CT molecular complexity index is 255. The second kappa shape index (κ2) is 9.25. The zero-order chi connectivity index (χ0) is 14.1. The molecule has 112 valence electrons. The van der Waals surface area contributed by atoms with E-state index in [1.165, 1.54) is 0 Å².